The van der Waals surface area contributed by atoms with Gasteiger partial charge in [-0.3, -0.25) is 9.59 Å². The van der Waals surface area contributed by atoms with Gasteiger partial charge in [0.25, 0.3) is 5.91 Å². The SMILES string of the molecule is NC(=O)CC[C@H]1CCCN(C(=O)c2cc(Br)c[nH]2)C1. The summed E-state index contributed by atoms with van der Waals surface area (Å²) in [5.74, 6) is 0.134. The van der Waals surface area contributed by atoms with E-state index in [0.717, 1.165) is 30.3 Å². The molecule has 1 atom stereocenters. The van der Waals surface area contributed by atoms with E-state index in [9.17, 15) is 9.59 Å². The Morgan fingerprint density at radius 2 is 2.32 bits per heavy atom. The van der Waals surface area contributed by atoms with Crippen molar-refractivity contribution in [2.75, 3.05) is 13.1 Å². The Balaban J connectivity index is 1.93. The van der Waals surface area contributed by atoms with E-state index in [1.807, 2.05) is 4.90 Å². The Morgan fingerprint density at radius 1 is 1.53 bits per heavy atom. The van der Waals surface area contributed by atoms with Crippen LogP contribution >= 0.6 is 15.9 Å². The number of aromatic amines is 1. The quantitative estimate of drug-likeness (QED) is 0.885. The summed E-state index contributed by atoms with van der Waals surface area (Å²) in [4.78, 5) is 27.9. The fourth-order valence-electron chi connectivity index (χ4n) is 2.49. The summed E-state index contributed by atoms with van der Waals surface area (Å²) in [5, 5.41) is 0. The van der Waals surface area contributed by atoms with Gasteiger partial charge < -0.3 is 15.6 Å². The maximum Gasteiger partial charge on any atom is 0.270 e. The highest BCUT2D eigenvalue weighted by atomic mass is 79.9. The molecule has 104 valence electrons. The summed E-state index contributed by atoms with van der Waals surface area (Å²) >= 11 is 3.32. The summed E-state index contributed by atoms with van der Waals surface area (Å²) in [6, 6.07) is 1.79. The Morgan fingerprint density at radius 3 is 2.95 bits per heavy atom. The third-order valence-corrected chi connectivity index (χ3v) is 3.94. The van der Waals surface area contributed by atoms with E-state index in [-0.39, 0.29) is 11.8 Å². The zero-order chi connectivity index (χ0) is 13.8. The number of hydrogen-bond acceptors (Lipinski definition) is 2. The second kappa shape index (κ2) is 6.23. The van der Waals surface area contributed by atoms with Gasteiger partial charge in [0.1, 0.15) is 5.69 Å². The molecule has 0 spiro atoms. The average Bonchev–Trinajstić information content (AvgIpc) is 2.82. The van der Waals surface area contributed by atoms with E-state index in [2.05, 4.69) is 20.9 Å². The number of aromatic nitrogens is 1. The molecule has 5 nitrogen and oxygen atoms in total. The molecule has 2 rings (SSSR count). The minimum absolute atomic E-state index is 0.0227. The summed E-state index contributed by atoms with van der Waals surface area (Å²) in [6.45, 7) is 1.49. The molecular formula is C13H18BrN3O2. The molecule has 0 aromatic carbocycles. The van der Waals surface area contributed by atoms with Crippen LogP contribution in [0.1, 0.15) is 36.2 Å². The highest BCUT2D eigenvalue weighted by Gasteiger charge is 2.25. The van der Waals surface area contributed by atoms with Gasteiger partial charge in [-0.2, -0.15) is 0 Å². The largest absolute Gasteiger partial charge is 0.370 e. The monoisotopic (exact) mass is 327 g/mol. The van der Waals surface area contributed by atoms with E-state index >= 15 is 0 Å². The van der Waals surface area contributed by atoms with Crippen molar-refractivity contribution in [1.29, 1.82) is 0 Å². The van der Waals surface area contributed by atoms with Gasteiger partial charge in [0.05, 0.1) is 0 Å². The first kappa shape index (κ1) is 14.1. The number of nitrogens with one attached hydrogen (secondary N) is 1. The van der Waals surface area contributed by atoms with Crippen LogP contribution in [0.15, 0.2) is 16.7 Å². The van der Waals surface area contributed by atoms with Gasteiger partial charge >= 0.3 is 0 Å². The molecule has 3 N–H and O–H groups in total. The first-order valence-corrected chi connectivity index (χ1v) is 7.27. The lowest BCUT2D eigenvalue weighted by Gasteiger charge is -2.32. The minimum atomic E-state index is -0.267. The van der Waals surface area contributed by atoms with E-state index in [1.54, 1.807) is 12.3 Å². The molecule has 6 heteroatoms. The zero-order valence-corrected chi connectivity index (χ0v) is 12.3. The molecule has 1 aromatic heterocycles. The molecule has 0 radical (unpaired) electrons. The van der Waals surface area contributed by atoms with Gasteiger partial charge in [-0.05, 0) is 47.2 Å². The van der Waals surface area contributed by atoms with Crippen LogP contribution in [0.5, 0.6) is 0 Å². The Kier molecular flexibility index (Phi) is 4.63. The lowest BCUT2D eigenvalue weighted by atomic mass is 9.93. The minimum Gasteiger partial charge on any atom is -0.370 e. The van der Waals surface area contributed by atoms with Gasteiger partial charge in [0.15, 0.2) is 0 Å². The number of primary amides is 1. The maximum absolute atomic E-state index is 12.3. The first-order valence-electron chi connectivity index (χ1n) is 6.47. The number of amides is 2. The number of nitrogens with two attached hydrogens (primary N) is 1. The fourth-order valence-corrected chi connectivity index (χ4v) is 2.84. The summed E-state index contributed by atoms with van der Waals surface area (Å²) in [5.41, 5.74) is 5.77. The molecule has 1 fully saturated rings. The predicted molar refractivity (Wildman–Crippen MR) is 75.5 cm³/mol. The second-order valence-electron chi connectivity index (χ2n) is 5.00. The van der Waals surface area contributed by atoms with Gasteiger partial charge in [-0.25, -0.2) is 0 Å². The van der Waals surface area contributed by atoms with E-state index in [1.165, 1.54) is 0 Å². The third-order valence-electron chi connectivity index (χ3n) is 3.48. The van der Waals surface area contributed by atoms with Crippen molar-refractivity contribution < 1.29 is 9.59 Å². The number of halogens is 1. The molecule has 0 bridgehead atoms. The molecule has 1 aromatic rings. The molecule has 2 heterocycles. The van der Waals surface area contributed by atoms with Gasteiger partial charge in [-0.1, -0.05) is 0 Å². The number of carbonyl (C=O) groups is 2. The lowest BCUT2D eigenvalue weighted by molar-refractivity contribution is -0.118. The first-order chi connectivity index (χ1) is 9.06. The Hall–Kier alpha value is -1.30. The Bertz CT molecular complexity index is 472. The highest BCUT2D eigenvalue weighted by Crippen LogP contribution is 2.22. The van der Waals surface area contributed by atoms with Crippen LogP contribution in [0, 0.1) is 5.92 Å². The number of carbonyl (C=O) groups excluding carboxylic acids is 2. The number of likely N-dealkylation sites (tertiary alicyclic amines) is 1. The lowest BCUT2D eigenvalue weighted by Crippen LogP contribution is -2.40. The highest BCUT2D eigenvalue weighted by molar-refractivity contribution is 9.10. The van der Waals surface area contributed by atoms with Crippen molar-refractivity contribution in [1.82, 2.24) is 9.88 Å². The summed E-state index contributed by atoms with van der Waals surface area (Å²) < 4.78 is 0.873. The Labute approximate surface area is 120 Å². The zero-order valence-electron chi connectivity index (χ0n) is 10.7. The summed E-state index contributed by atoms with van der Waals surface area (Å²) in [6.07, 6.45) is 4.97. The maximum atomic E-state index is 12.3. The van der Waals surface area contributed by atoms with Gasteiger partial charge in [-0.15, -0.1) is 0 Å². The molecule has 19 heavy (non-hydrogen) atoms. The normalized spacial score (nSPS) is 19.4. The van der Waals surface area contributed by atoms with Gasteiger partial charge in [0.2, 0.25) is 5.91 Å². The van der Waals surface area contributed by atoms with Crippen molar-refractivity contribution >= 4 is 27.7 Å². The van der Waals surface area contributed by atoms with Crippen LogP contribution in [-0.2, 0) is 4.79 Å². The van der Waals surface area contributed by atoms with Crippen LogP contribution in [0.2, 0.25) is 0 Å². The second-order valence-corrected chi connectivity index (χ2v) is 5.91. The van der Waals surface area contributed by atoms with E-state index < -0.39 is 0 Å². The molecule has 0 aliphatic carbocycles. The number of piperidine rings is 1. The molecule has 1 saturated heterocycles. The molecule has 1 aliphatic heterocycles. The van der Waals surface area contributed by atoms with Crippen LogP contribution in [-0.4, -0.2) is 34.8 Å². The van der Waals surface area contributed by atoms with Crippen LogP contribution in [0.25, 0.3) is 0 Å². The number of H-pyrrole nitrogens is 1. The van der Waals surface area contributed by atoms with Crippen LogP contribution in [0.3, 0.4) is 0 Å². The van der Waals surface area contributed by atoms with Crippen molar-refractivity contribution in [3.63, 3.8) is 0 Å². The van der Waals surface area contributed by atoms with E-state index in [0.29, 0.717) is 24.6 Å². The number of rotatable bonds is 4. The van der Waals surface area contributed by atoms with Crippen LogP contribution in [0.4, 0.5) is 0 Å². The average molecular weight is 328 g/mol. The molecule has 0 unspecified atom stereocenters. The van der Waals surface area contributed by atoms with Crippen LogP contribution < -0.4 is 5.73 Å². The van der Waals surface area contributed by atoms with Crippen molar-refractivity contribution in [3.05, 3.63) is 22.4 Å². The van der Waals surface area contributed by atoms with E-state index in [4.69, 9.17) is 5.73 Å². The number of hydrogen-bond donors (Lipinski definition) is 2. The topological polar surface area (TPSA) is 79.2 Å². The van der Waals surface area contributed by atoms with Crippen molar-refractivity contribution in [2.45, 2.75) is 25.7 Å². The fraction of sp³-hybridized carbons (Fsp3) is 0.538. The van der Waals surface area contributed by atoms with Gasteiger partial charge in [0, 0.05) is 30.2 Å². The molecular weight excluding hydrogens is 310 g/mol. The smallest absolute Gasteiger partial charge is 0.270 e. The third kappa shape index (κ3) is 3.83. The number of nitrogens with zero attached hydrogens (tertiary/aromatic N) is 1. The summed E-state index contributed by atoms with van der Waals surface area (Å²) in [7, 11) is 0. The van der Waals surface area contributed by atoms with Crippen molar-refractivity contribution in [3.8, 4) is 0 Å². The standard InChI is InChI=1S/C13H18BrN3O2/c14-10-6-11(16-7-10)13(19)17-5-1-2-9(8-17)3-4-12(15)18/h6-7,9,16H,1-5,8H2,(H2,15,18)/t9-/m1/s1. The molecule has 1 aliphatic rings. The molecule has 2 amide bonds. The predicted octanol–water partition coefficient (Wildman–Crippen LogP) is 1.89. The molecule has 0 saturated carbocycles. The van der Waals surface area contributed by atoms with Crippen molar-refractivity contribution in [2.24, 2.45) is 11.7 Å².